The van der Waals surface area contributed by atoms with Gasteiger partial charge in [0.15, 0.2) is 0 Å². The van der Waals surface area contributed by atoms with E-state index in [0.29, 0.717) is 0 Å². The van der Waals surface area contributed by atoms with Crippen LogP contribution in [0.1, 0.15) is 6.92 Å². The molecule has 0 saturated carbocycles. The van der Waals surface area contributed by atoms with Gasteiger partial charge in [0.1, 0.15) is 11.5 Å². The van der Waals surface area contributed by atoms with Crippen LogP contribution in [0.15, 0.2) is 24.5 Å². The molecule has 2 rings (SSSR count). The first-order chi connectivity index (χ1) is 6.92. The first-order valence-corrected chi connectivity index (χ1v) is 4.47. The smallest absolute Gasteiger partial charge is 0.135 e. The van der Waals surface area contributed by atoms with Gasteiger partial charge in [0.2, 0.25) is 0 Å². The van der Waals surface area contributed by atoms with Crippen molar-refractivity contribution in [3.05, 3.63) is 24.5 Å². The van der Waals surface area contributed by atoms with Crippen LogP contribution in [-0.2, 0) is 0 Å². The quantitative estimate of drug-likeness (QED) is 0.763. The lowest BCUT2D eigenvalue weighted by Gasteiger charge is -2.05. The Hall–Kier alpha value is -1.91. The van der Waals surface area contributed by atoms with Crippen LogP contribution in [0.3, 0.4) is 0 Å². The fraction of sp³-hybridized carbons (Fsp3) is 0.222. The number of rotatable bonds is 3. The molecule has 2 N–H and O–H groups in total. The molecule has 0 fully saturated rings. The Kier molecular flexibility index (Phi) is 2.40. The minimum Gasteiger partial charge on any atom is -0.370 e. The summed E-state index contributed by atoms with van der Waals surface area (Å²) in [7, 11) is 0. The summed E-state index contributed by atoms with van der Waals surface area (Å²) < 4.78 is 0. The SMILES string of the molecule is CCNc1ncccc1-c1c[nH]nn1. The highest BCUT2D eigenvalue weighted by atomic mass is 15.3. The van der Waals surface area contributed by atoms with Crippen molar-refractivity contribution in [3.63, 3.8) is 0 Å². The van der Waals surface area contributed by atoms with E-state index in [1.165, 1.54) is 0 Å². The number of hydrogen-bond acceptors (Lipinski definition) is 4. The summed E-state index contributed by atoms with van der Waals surface area (Å²) >= 11 is 0. The maximum absolute atomic E-state index is 4.23. The van der Waals surface area contributed by atoms with E-state index in [2.05, 4.69) is 25.7 Å². The molecule has 2 aromatic heterocycles. The van der Waals surface area contributed by atoms with Crippen molar-refractivity contribution in [2.45, 2.75) is 6.92 Å². The highest BCUT2D eigenvalue weighted by molar-refractivity contribution is 5.71. The van der Waals surface area contributed by atoms with E-state index >= 15 is 0 Å². The van der Waals surface area contributed by atoms with Crippen molar-refractivity contribution in [2.24, 2.45) is 0 Å². The van der Waals surface area contributed by atoms with Crippen molar-refractivity contribution in [2.75, 3.05) is 11.9 Å². The zero-order chi connectivity index (χ0) is 9.80. The molecule has 0 amide bonds. The molecule has 2 heterocycles. The van der Waals surface area contributed by atoms with Crippen LogP contribution < -0.4 is 5.32 Å². The Morgan fingerprint density at radius 1 is 1.50 bits per heavy atom. The minimum absolute atomic E-state index is 0.800. The summed E-state index contributed by atoms with van der Waals surface area (Å²) in [4.78, 5) is 4.23. The number of aromatic nitrogens is 4. The number of nitrogens with one attached hydrogen (secondary N) is 2. The molecule has 0 unspecified atom stereocenters. The van der Waals surface area contributed by atoms with Crippen LogP contribution in [0, 0.1) is 0 Å². The third-order valence-corrected chi connectivity index (χ3v) is 1.84. The summed E-state index contributed by atoms with van der Waals surface area (Å²) in [5.41, 5.74) is 1.76. The molecule has 0 radical (unpaired) electrons. The summed E-state index contributed by atoms with van der Waals surface area (Å²) in [5.74, 6) is 0.837. The van der Waals surface area contributed by atoms with Gasteiger partial charge in [-0.2, -0.15) is 0 Å². The Morgan fingerprint density at radius 2 is 2.43 bits per heavy atom. The molecule has 0 atom stereocenters. The van der Waals surface area contributed by atoms with E-state index in [9.17, 15) is 0 Å². The molecule has 14 heavy (non-hydrogen) atoms. The molecule has 0 aromatic carbocycles. The second kappa shape index (κ2) is 3.87. The monoisotopic (exact) mass is 189 g/mol. The van der Waals surface area contributed by atoms with Gasteiger partial charge in [-0.3, -0.25) is 5.10 Å². The third kappa shape index (κ3) is 1.56. The Labute approximate surface area is 81.6 Å². The topological polar surface area (TPSA) is 66.5 Å². The zero-order valence-corrected chi connectivity index (χ0v) is 7.86. The molecule has 5 nitrogen and oxygen atoms in total. The van der Waals surface area contributed by atoms with Crippen molar-refractivity contribution in [1.82, 2.24) is 20.4 Å². The van der Waals surface area contributed by atoms with Crippen LogP contribution >= 0.6 is 0 Å². The van der Waals surface area contributed by atoms with E-state index in [4.69, 9.17) is 0 Å². The van der Waals surface area contributed by atoms with Crippen LogP contribution in [-0.4, -0.2) is 26.9 Å². The normalized spacial score (nSPS) is 10.1. The molecule has 2 aromatic rings. The Balaban J connectivity index is 2.42. The van der Waals surface area contributed by atoms with Crippen LogP contribution in [0.4, 0.5) is 5.82 Å². The van der Waals surface area contributed by atoms with Crippen LogP contribution in [0.5, 0.6) is 0 Å². The molecule has 0 aliphatic carbocycles. The molecule has 0 spiro atoms. The van der Waals surface area contributed by atoms with Crippen LogP contribution in [0.25, 0.3) is 11.3 Å². The summed E-state index contributed by atoms with van der Waals surface area (Å²) in [6.07, 6.45) is 3.50. The van der Waals surface area contributed by atoms with Crippen molar-refractivity contribution in [3.8, 4) is 11.3 Å². The minimum atomic E-state index is 0.800. The van der Waals surface area contributed by atoms with Crippen molar-refractivity contribution in [1.29, 1.82) is 0 Å². The number of anilines is 1. The van der Waals surface area contributed by atoms with Gasteiger partial charge in [-0.05, 0) is 19.1 Å². The maximum Gasteiger partial charge on any atom is 0.135 e. The van der Waals surface area contributed by atoms with Gasteiger partial charge in [0, 0.05) is 18.3 Å². The van der Waals surface area contributed by atoms with Gasteiger partial charge >= 0.3 is 0 Å². The van der Waals surface area contributed by atoms with Crippen molar-refractivity contribution < 1.29 is 0 Å². The van der Waals surface area contributed by atoms with E-state index in [-0.39, 0.29) is 0 Å². The Bertz CT molecular complexity index is 395. The largest absolute Gasteiger partial charge is 0.370 e. The first-order valence-electron chi connectivity index (χ1n) is 4.47. The predicted octanol–water partition coefficient (Wildman–Crippen LogP) is 1.30. The third-order valence-electron chi connectivity index (χ3n) is 1.84. The van der Waals surface area contributed by atoms with Crippen molar-refractivity contribution >= 4 is 5.82 Å². The number of H-pyrrole nitrogens is 1. The van der Waals surface area contributed by atoms with Gasteiger partial charge in [0.05, 0.1) is 6.20 Å². The average Bonchev–Trinajstić information content (AvgIpc) is 2.72. The van der Waals surface area contributed by atoms with E-state index in [0.717, 1.165) is 23.6 Å². The van der Waals surface area contributed by atoms with Gasteiger partial charge in [0.25, 0.3) is 0 Å². The number of hydrogen-bond donors (Lipinski definition) is 2. The molecular weight excluding hydrogens is 178 g/mol. The van der Waals surface area contributed by atoms with Gasteiger partial charge in [-0.15, -0.1) is 5.10 Å². The standard InChI is InChI=1S/C9H11N5/c1-2-10-9-7(4-3-5-11-9)8-6-12-14-13-8/h3-6H,2H2,1H3,(H,10,11)(H,12,13,14). The van der Waals surface area contributed by atoms with E-state index in [1.807, 2.05) is 19.1 Å². The summed E-state index contributed by atoms with van der Waals surface area (Å²) in [5, 5.41) is 13.5. The second-order valence-electron chi connectivity index (χ2n) is 2.79. The van der Waals surface area contributed by atoms with E-state index in [1.54, 1.807) is 12.4 Å². The molecule has 0 aliphatic rings. The number of pyridine rings is 1. The lowest BCUT2D eigenvalue weighted by Crippen LogP contribution is -2.00. The fourth-order valence-electron chi connectivity index (χ4n) is 1.25. The summed E-state index contributed by atoms with van der Waals surface area (Å²) in [6, 6.07) is 3.84. The van der Waals surface area contributed by atoms with Gasteiger partial charge < -0.3 is 5.32 Å². The lowest BCUT2D eigenvalue weighted by atomic mass is 10.2. The predicted molar refractivity (Wildman–Crippen MR) is 53.8 cm³/mol. The highest BCUT2D eigenvalue weighted by Crippen LogP contribution is 2.22. The highest BCUT2D eigenvalue weighted by Gasteiger charge is 2.06. The van der Waals surface area contributed by atoms with Gasteiger partial charge in [-0.25, -0.2) is 4.98 Å². The number of aromatic amines is 1. The molecule has 0 aliphatic heterocycles. The summed E-state index contributed by atoms with van der Waals surface area (Å²) in [6.45, 7) is 2.86. The molecule has 5 heteroatoms. The fourth-order valence-corrected chi connectivity index (χ4v) is 1.25. The average molecular weight is 189 g/mol. The van der Waals surface area contributed by atoms with E-state index < -0.39 is 0 Å². The van der Waals surface area contributed by atoms with Gasteiger partial charge in [-0.1, -0.05) is 5.21 Å². The zero-order valence-electron chi connectivity index (χ0n) is 7.86. The molecule has 0 bridgehead atoms. The number of nitrogens with zero attached hydrogens (tertiary/aromatic N) is 3. The second-order valence-corrected chi connectivity index (χ2v) is 2.79. The Morgan fingerprint density at radius 3 is 3.14 bits per heavy atom. The lowest BCUT2D eigenvalue weighted by molar-refractivity contribution is 0.942. The van der Waals surface area contributed by atoms with Crippen LogP contribution in [0.2, 0.25) is 0 Å². The first kappa shape index (κ1) is 8.68. The molecule has 72 valence electrons. The maximum atomic E-state index is 4.23. The molecular formula is C9H11N5. The molecule has 0 saturated heterocycles.